The first kappa shape index (κ1) is 71.1. The molecule has 1 amide bonds. The lowest BCUT2D eigenvalue weighted by Gasteiger charge is -2.40. The summed E-state index contributed by atoms with van der Waals surface area (Å²) in [5.41, 5.74) is 0. The van der Waals surface area contributed by atoms with Crippen LogP contribution in [-0.2, 0) is 23.8 Å². The maximum Gasteiger partial charge on any atom is 0.305 e. The third-order valence-corrected chi connectivity index (χ3v) is 14.3. The first-order valence-electron chi connectivity index (χ1n) is 31.2. The normalized spacial score (nSPS) is 19.2. The minimum absolute atomic E-state index is 0.0306. The van der Waals surface area contributed by atoms with Crippen molar-refractivity contribution in [1.82, 2.24) is 5.32 Å². The minimum atomic E-state index is -1.59. The second-order valence-corrected chi connectivity index (χ2v) is 21.4. The number of aliphatic hydroxyl groups excluding tert-OH is 5. The van der Waals surface area contributed by atoms with Gasteiger partial charge in [-0.15, -0.1) is 0 Å². The third kappa shape index (κ3) is 43.0. The van der Waals surface area contributed by atoms with Crippen molar-refractivity contribution in [2.24, 2.45) is 0 Å². The van der Waals surface area contributed by atoms with Gasteiger partial charge < -0.3 is 45.1 Å². The molecule has 76 heavy (non-hydrogen) atoms. The molecule has 11 heteroatoms. The predicted octanol–water partition coefficient (Wildman–Crippen LogP) is 14.8. The van der Waals surface area contributed by atoms with Crippen LogP contribution in [0.2, 0.25) is 0 Å². The van der Waals surface area contributed by atoms with E-state index in [0.717, 1.165) is 96.3 Å². The van der Waals surface area contributed by atoms with Gasteiger partial charge >= 0.3 is 5.97 Å². The van der Waals surface area contributed by atoms with E-state index in [0.29, 0.717) is 25.9 Å². The molecule has 1 heterocycles. The summed E-state index contributed by atoms with van der Waals surface area (Å²) in [6.45, 7) is 4.14. The molecule has 7 unspecified atom stereocenters. The Balaban J connectivity index is 2.04. The second-order valence-electron chi connectivity index (χ2n) is 21.4. The maximum absolute atomic E-state index is 13.0. The van der Waals surface area contributed by atoms with Crippen molar-refractivity contribution in [1.29, 1.82) is 0 Å². The Bertz CT molecular complexity index is 1490. The van der Waals surface area contributed by atoms with Gasteiger partial charge in [-0.1, -0.05) is 215 Å². The van der Waals surface area contributed by atoms with E-state index in [1.54, 1.807) is 6.08 Å². The third-order valence-electron chi connectivity index (χ3n) is 14.3. The van der Waals surface area contributed by atoms with Crippen LogP contribution in [0.1, 0.15) is 264 Å². The number of nitrogens with one attached hydrogen (secondary N) is 1. The number of allylic oxidation sites excluding steroid dienone is 11. The van der Waals surface area contributed by atoms with Crippen molar-refractivity contribution >= 4 is 11.9 Å². The number of carbonyl (C=O) groups excluding carboxylic acids is 2. The van der Waals surface area contributed by atoms with Crippen molar-refractivity contribution < 1.29 is 49.3 Å². The molecule has 0 saturated carbocycles. The first-order chi connectivity index (χ1) is 37.2. The molecule has 0 aromatic carbocycles. The summed E-state index contributed by atoms with van der Waals surface area (Å²) in [7, 11) is 0. The zero-order chi connectivity index (χ0) is 55.2. The second kappa shape index (κ2) is 54.1. The van der Waals surface area contributed by atoms with Crippen molar-refractivity contribution in [2.75, 3.05) is 19.8 Å². The summed E-state index contributed by atoms with van der Waals surface area (Å²) in [6.07, 6.45) is 61.7. The standard InChI is InChI=1S/C65H115NO10/c1-3-5-7-9-11-13-15-16-17-18-20-24-27-30-33-37-41-45-49-53-61(70)74-54-50-46-42-38-34-31-28-25-22-19-21-23-26-29-32-36-40-44-48-52-60(69)66-57(56-75-65-64(73)63(72)62(71)59(55-67)76-65)58(68)51-47-43-39-35-14-12-10-8-6-4-2/h6,8,14,16-17,25,28,31,34-35,47,51,57-59,62-65,67-68,71-73H,3-5,7,9-13,15,18-24,26-27,29-30,32-33,36-46,48-50,52-56H2,1-2H3,(H,66,69)/b8-6+,17-16-,28-25-,34-31-,35-14+,51-47+. The Morgan fingerprint density at radius 2 is 0.934 bits per heavy atom. The van der Waals surface area contributed by atoms with Gasteiger partial charge in [0.1, 0.15) is 24.4 Å². The van der Waals surface area contributed by atoms with Gasteiger partial charge in [0.2, 0.25) is 5.91 Å². The number of aliphatic hydroxyl groups is 5. The summed E-state index contributed by atoms with van der Waals surface area (Å²) in [4.78, 5) is 25.1. The molecule has 1 aliphatic rings. The number of hydrogen-bond acceptors (Lipinski definition) is 10. The topological polar surface area (TPSA) is 175 Å². The van der Waals surface area contributed by atoms with E-state index >= 15 is 0 Å². The number of esters is 1. The molecule has 0 aromatic heterocycles. The lowest BCUT2D eigenvalue weighted by Crippen LogP contribution is -2.60. The van der Waals surface area contributed by atoms with Crippen LogP contribution in [-0.4, -0.2) is 100 Å². The molecule has 0 aliphatic carbocycles. The number of hydrogen-bond donors (Lipinski definition) is 6. The summed E-state index contributed by atoms with van der Waals surface area (Å²) in [6, 6.07) is -0.843. The zero-order valence-corrected chi connectivity index (χ0v) is 48.4. The number of amides is 1. The van der Waals surface area contributed by atoms with E-state index in [1.165, 1.54) is 135 Å². The van der Waals surface area contributed by atoms with Crippen LogP contribution in [0.4, 0.5) is 0 Å². The van der Waals surface area contributed by atoms with Crippen LogP contribution in [0.3, 0.4) is 0 Å². The van der Waals surface area contributed by atoms with Gasteiger partial charge in [-0.25, -0.2) is 0 Å². The smallest absolute Gasteiger partial charge is 0.305 e. The first-order valence-corrected chi connectivity index (χ1v) is 31.2. The average Bonchev–Trinajstić information content (AvgIpc) is 3.42. The van der Waals surface area contributed by atoms with E-state index in [-0.39, 0.29) is 18.5 Å². The summed E-state index contributed by atoms with van der Waals surface area (Å²) >= 11 is 0. The van der Waals surface area contributed by atoms with Gasteiger partial charge in [-0.05, 0) is 109 Å². The molecule has 1 fully saturated rings. The molecule has 0 bridgehead atoms. The average molecular weight is 1070 g/mol. The molecule has 440 valence electrons. The largest absolute Gasteiger partial charge is 0.466 e. The summed E-state index contributed by atoms with van der Waals surface area (Å²) in [5, 5.41) is 54.2. The lowest BCUT2D eigenvalue weighted by molar-refractivity contribution is -0.302. The van der Waals surface area contributed by atoms with Crippen molar-refractivity contribution in [3.63, 3.8) is 0 Å². The zero-order valence-electron chi connectivity index (χ0n) is 48.4. The minimum Gasteiger partial charge on any atom is -0.466 e. The number of rotatable bonds is 53. The van der Waals surface area contributed by atoms with E-state index in [2.05, 4.69) is 79.9 Å². The molecule has 7 atom stereocenters. The van der Waals surface area contributed by atoms with Crippen molar-refractivity contribution in [3.8, 4) is 0 Å². The molecule has 0 radical (unpaired) electrons. The Morgan fingerprint density at radius 1 is 0.500 bits per heavy atom. The fourth-order valence-electron chi connectivity index (χ4n) is 9.34. The van der Waals surface area contributed by atoms with Crippen molar-refractivity contribution in [3.05, 3.63) is 72.9 Å². The maximum atomic E-state index is 13.0. The van der Waals surface area contributed by atoms with E-state index in [9.17, 15) is 35.1 Å². The van der Waals surface area contributed by atoms with Gasteiger partial charge in [0.25, 0.3) is 0 Å². The van der Waals surface area contributed by atoms with Crippen LogP contribution < -0.4 is 5.32 Å². The highest BCUT2D eigenvalue weighted by Crippen LogP contribution is 2.23. The van der Waals surface area contributed by atoms with Gasteiger partial charge in [0.15, 0.2) is 6.29 Å². The molecule has 1 rings (SSSR count). The van der Waals surface area contributed by atoms with Crippen LogP contribution in [0.15, 0.2) is 72.9 Å². The highest BCUT2D eigenvalue weighted by molar-refractivity contribution is 5.76. The highest BCUT2D eigenvalue weighted by atomic mass is 16.7. The fourth-order valence-corrected chi connectivity index (χ4v) is 9.34. The molecule has 1 aliphatic heterocycles. The molecule has 6 N–H and O–H groups in total. The van der Waals surface area contributed by atoms with Crippen LogP contribution in [0.5, 0.6) is 0 Å². The Kier molecular flexibility index (Phi) is 50.6. The van der Waals surface area contributed by atoms with Gasteiger partial charge in [-0.3, -0.25) is 9.59 Å². The molecule has 11 nitrogen and oxygen atoms in total. The number of carbonyl (C=O) groups is 2. The molecular formula is C65H115NO10. The lowest BCUT2D eigenvalue weighted by atomic mass is 9.99. The van der Waals surface area contributed by atoms with Gasteiger partial charge in [0, 0.05) is 12.8 Å². The fraction of sp³-hybridized carbons (Fsp3) is 0.785. The summed E-state index contributed by atoms with van der Waals surface area (Å²) in [5.74, 6) is -0.241. The monoisotopic (exact) mass is 1070 g/mol. The van der Waals surface area contributed by atoms with E-state index in [1.807, 2.05) is 6.08 Å². The molecular weight excluding hydrogens is 955 g/mol. The highest BCUT2D eigenvalue weighted by Gasteiger charge is 2.44. The Hall–Kier alpha value is -2.90. The summed E-state index contributed by atoms with van der Waals surface area (Å²) < 4.78 is 16.7. The predicted molar refractivity (Wildman–Crippen MR) is 315 cm³/mol. The SMILES string of the molecule is CC/C=C/CC/C=C/CC/C=C/C(O)C(COC1OC(CO)C(O)C(O)C1O)NC(=O)CCCCCCCCCCCC/C=C\C=C/CCCCCOC(=O)CCCCCCCCCCC/C=C\CCCCCCCC. The van der Waals surface area contributed by atoms with Crippen LogP contribution >= 0.6 is 0 Å². The van der Waals surface area contributed by atoms with Gasteiger partial charge in [-0.2, -0.15) is 0 Å². The number of ether oxygens (including phenoxy) is 3. The molecule has 0 spiro atoms. The quantitative estimate of drug-likeness (QED) is 0.0149. The Labute approximate surface area is 464 Å². The van der Waals surface area contributed by atoms with E-state index < -0.39 is 49.5 Å². The van der Waals surface area contributed by atoms with E-state index in [4.69, 9.17) is 14.2 Å². The molecule has 1 saturated heterocycles. The van der Waals surface area contributed by atoms with Crippen LogP contribution in [0, 0.1) is 0 Å². The van der Waals surface area contributed by atoms with Gasteiger partial charge in [0.05, 0.1) is 32.0 Å². The number of unbranched alkanes of at least 4 members (excludes halogenated alkanes) is 30. The Morgan fingerprint density at radius 3 is 1.45 bits per heavy atom. The molecule has 0 aromatic rings. The van der Waals surface area contributed by atoms with Crippen LogP contribution in [0.25, 0.3) is 0 Å². The van der Waals surface area contributed by atoms with Crippen molar-refractivity contribution in [2.45, 2.75) is 307 Å².